The minimum absolute atomic E-state index is 0.114. The van der Waals surface area contributed by atoms with Crippen LogP contribution in [0.5, 0.6) is 0 Å². The number of H-pyrrole nitrogens is 1. The van der Waals surface area contributed by atoms with E-state index in [1.165, 1.54) is 28.7 Å². The van der Waals surface area contributed by atoms with Crippen LogP contribution in [-0.2, 0) is 0 Å². The van der Waals surface area contributed by atoms with Crippen LogP contribution in [0.3, 0.4) is 0 Å². The molecule has 0 amide bonds. The van der Waals surface area contributed by atoms with Crippen molar-refractivity contribution < 1.29 is 0 Å². The number of aromatic amines is 1. The standard InChI is InChI=1S/C36H35N7O/c1-22-28(5-4-6-32(22)43-36(44)29-14-13-26(23-7-8-23)17-27(29)19-39-43)34-30-18-31(40-35(30)38-21-37-34)24-9-11-25(12-10-24)33-20-41(2)15-16-42(33)3/h4-6,9-14,17-19,21,23,33H,7-8,15-16,20H2,1-3H3,(H,37,38,40). The first kappa shape index (κ1) is 26.9. The van der Waals surface area contributed by atoms with E-state index in [1.807, 2.05) is 37.4 Å². The fourth-order valence-corrected chi connectivity index (χ4v) is 6.69. The van der Waals surface area contributed by atoms with Gasteiger partial charge in [-0.05, 0) is 86.3 Å². The molecule has 1 aliphatic heterocycles. The van der Waals surface area contributed by atoms with Crippen molar-refractivity contribution in [2.75, 3.05) is 33.7 Å². The van der Waals surface area contributed by atoms with Crippen molar-refractivity contribution >= 4 is 21.8 Å². The van der Waals surface area contributed by atoms with Crippen LogP contribution in [0.4, 0.5) is 0 Å². The number of likely N-dealkylation sites (N-methyl/N-ethyl adjacent to an activating group) is 2. The predicted molar refractivity (Wildman–Crippen MR) is 175 cm³/mol. The summed E-state index contributed by atoms with van der Waals surface area (Å²) in [6, 6.07) is 23.5. The lowest BCUT2D eigenvalue weighted by Crippen LogP contribution is -2.44. The molecule has 1 saturated heterocycles. The molecule has 44 heavy (non-hydrogen) atoms. The summed E-state index contributed by atoms with van der Waals surface area (Å²) >= 11 is 0. The van der Waals surface area contributed by atoms with Gasteiger partial charge in [0.05, 0.1) is 23.0 Å². The molecule has 1 unspecified atom stereocenters. The third-order valence-electron chi connectivity index (χ3n) is 9.53. The summed E-state index contributed by atoms with van der Waals surface area (Å²) in [5, 5.41) is 7.12. The van der Waals surface area contributed by atoms with E-state index in [0.29, 0.717) is 17.3 Å². The van der Waals surface area contributed by atoms with Crippen LogP contribution >= 0.6 is 0 Å². The Bertz CT molecular complexity index is 2090. The summed E-state index contributed by atoms with van der Waals surface area (Å²) in [4.78, 5) is 31.2. The minimum atomic E-state index is -0.114. The van der Waals surface area contributed by atoms with Crippen LogP contribution in [0.25, 0.3) is 50.0 Å². The first-order valence-electron chi connectivity index (χ1n) is 15.4. The highest BCUT2D eigenvalue weighted by atomic mass is 16.1. The van der Waals surface area contributed by atoms with Crippen LogP contribution < -0.4 is 5.56 Å². The molecule has 0 radical (unpaired) electrons. The molecular formula is C36H35N7O. The van der Waals surface area contributed by atoms with E-state index in [1.54, 1.807) is 6.33 Å². The Labute approximate surface area is 256 Å². The Kier molecular flexibility index (Phi) is 6.43. The number of benzene rings is 3. The average Bonchev–Trinajstić information content (AvgIpc) is 3.80. The number of fused-ring (bicyclic) bond motifs is 2. The van der Waals surface area contributed by atoms with Gasteiger partial charge in [-0.2, -0.15) is 9.78 Å². The van der Waals surface area contributed by atoms with Gasteiger partial charge < -0.3 is 9.88 Å². The topological polar surface area (TPSA) is 82.9 Å². The maximum atomic E-state index is 13.6. The molecule has 1 aliphatic carbocycles. The molecule has 1 atom stereocenters. The van der Waals surface area contributed by atoms with E-state index in [4.69, 9.17) is 4.98 Å². The second-order valence-corrected chi connectivity index (χ2v) is 12.5. The van der Waals surface area contributed by atoms with E-state index < -0.39 is 0 Å². The van der Waals surface area contributed by atoms with E-state index in [9.17, 15) is 4.79 Å². The summed E-state index contributed by atoms with van der Waals surface area (Å²) in [5.74, 6) is 0.629. The van der Waals surface area contributed by atoms with Crippen molar-refractivity contribution in [3.8, 4) is 28.2 Å². The molecule has 8 rings (SSSR count). The highest BCUT2D eigenvalue weighted by molar-refractivity contribution is 5.95. The Morgan fingerprint density at radius 2 is 1.70 bits per heavy atom. The van der Waals surface area contributed by atoms with Crippen LogP contribution in [0.2, 0.25) is 0 Å². The van der Waals surface area contributed by atoms with Crippen LogP contribution in [0.15, 0.2) is 84.0 Å². The molecule has 1 saturated carbocycles. The Hall–Kier alpha value is -4.66. The van der Waals surface area contributed by atoms with Crippen LogP contribution in [-0.4, -0.2) is 68.3 Å². The summed E-state index contributed by atoms with van der Waals surface area (Å²) in [5.41, 5.74) is 8.84. The second kappa shape index (κ2) is 10.5. The number of nitrogens with one attached hydrogen (secondary N) is 1. The fraction of sp³-hybridized carbons (Fsp3) is 0.278. The van der Waals surface area contributed by atoms with Gasteiger partial charge in [0.25, 0.3) is 5.56 Å². The summed E-state index contributed by atoms with van der Waals surface area (Å²) in [6.45, 7) is 5.23. The molecule has 0 spiro atoms. The molecule has 8 nitrogen and oxygen atoms in total. The smallest absolute Gasteiger partial charge is 0.279 e. The first-order valence-corrected chi connectivity index (χ1v) is 15.4. The average molecular weight is 582 g/mol. The van der Waals surface area contributed by atoms with Crippen molar-refractivity contribution in [2.45, 2.75) is 31.7 Å². The Morgan fingerprint density at radius 3 is 2.52 bits per heavy atom. The number of rotatable bonds is 5. The van der Waals surface area contributed by atoms with Gasteiger partial charge in [-0.3, -0.25) is 9.69 Å². The molecule has 220 valence electrons. The van der Waals surface area contributed by atoms with Crippen molar-refractivity contribution in [2.24, 2.45) is 0 Å². The highest BCUT2D eigenvalue weighted by Crippen LogP contribution is 2.40. The van der Waals surface area contributed by atoms with Crippen LogP contribution in [0.1, 0.15) is 41.5 Å². The van der Waals surface area contributed by atoms with Gasteiger partial charge >= 0.3 is 0 Å². The summed E-state index contributed by atoms with van der Waals surface area (Å²) in [7, 11) is 4.40. The molecule has 6 aromatic rings. The molecule has 2 aliphatic rings. The zero-order valence-electron chi connectivity index (χ0n) is 25.3. The van der Waals surface area contributed by atoms with Gasteiger partial charge in [-0.25, -0.2) is 9.97 Å². The number of nitrogens with zero attached hydrogens (tertiary/aromatic N) is 6. The van der Waals surface area contributed by atoms with Gasteiger partial charge in [0.1, 0.15) is 12.0 Å². The van der Waals surface area contributed by atoms with Crippen molar-refractivity contribution in [3.05, 3.63) is 106 Å². The SMILES string of the molecule is Cc1c(-c2ncnc3[nH]c(-c4ccc(C5CN(C)CCN5C)cc4)cc23)cccc1-n1ncc2cc(C3CC3)ccc2c1=O. The summed E-state index contributed by atoms with van der Waals surface area (Å²) in [6.07, 6.45) is 5.86. The maximum absolute atomic E-state index is 13.6. The number of hydrogen-bond acceptors (Lipinski definition) is 6. The van der Waals surface area contributed by atoms with Gasteiger partial charge in [0.2, 0.25) is 0 Å². The molecule has 4 heterocycles. The first-order chi connectivity index (χ1) is 21.4. The molecule has 8 heteroatoms. The lowest BCUT2D eigenvalue weighted by molar-refractivity contribution is 0.115. The van der Waals surface area contributed by atoms with Crippen molar-refractivity contribution in [1.29, 1.82) is 0 Å². The number of hydrogen-bond donors (Lipinski definition) is 1. The Morgan fingerprint density at radius 1 is 0.886 bits per heavy atom. The second-order valence-electron chi connectivity index (χ2n) is 12.5. The normalized spacial score (nSPS) is 17.9. The third kappa shape index (κ3) is 4.62. The lowest BCUT2D eigenvalue weighted by atomic mass is 10.00. The monoisotopic (exact) mass is 581 g/mol. The van der Waals surface area contributed by atoms with Crippen molar-refractivity contribution in [3.63, 3.8) is 0 Å². The largest absolute Gasteiger partial charge is 0.339 e. The predicted octanol–water partition coefficient (Wildman–Crippen LogP) is 6.10. The van der Waals surface area contributed by atoms with Gasteiger partial charge in [0.15, 0.2) is 0 Å². The summed E-state index contributed by atoms with van der Waals surface area (Å²) < 4.78 is 1.52. The quantitative estimate of drug-likeness (QED) is 0.265. The van der Waals surface area contributed by atoms with Crippen LogP contribution in [0, 0.1) is 6.92 Å². The van der Waals surface area contributed by atoms with E-state index in [2.05, 4.69) is 81.4 Å². The lowest BCUT2D eigenvalue weighted by Gasteiger charge is -2.38. The van der Waals surface area contributed by atoms with Gasteiger partial charge in [-0.15, -0.1) is 0 Å². The molecule has 2 fully saturated rings. The Balaban J connectivity index is 1.15. The maximum Gasteiger partial charge on any atom is 0.279 e. The third-order valence-corrected chi connectivity index (χ3v) is 9.53. The van der Waals surface area contributed by atoms with E-state index >= 15 is 0 Å². The van der Waals surface area contributed by atoms with Crippen molar-refractivity contribution in [1.82, 2.24) is 34.5 Å². The fourth-order valence-electron chi connectivity index (χ4n) is 6.69. The highest BCUT2D eigenvalue weighted by Gasteiger charge is 2.25. The van der Waals surface area contributed by atoms with E-state index in [0.717, 1.165) is 69.8 Å². The molecular weight excluding hydrogens is 546 g/mol. The minimum Gasteiger partial charge on any atom is -0.339 e. The molecule has 3 aromatic heterocycles. The molecule has 1 N–H and O–H groups in total. The zero-order valence-corrected chi connectivity index (χ0v) is 25.3. The number of piperazine rings is 1. The van der Waals surface area contributed by atoms with Gasteiger partial charge in [-0.1, -0.05) is 42.5 Å². The zero-order chi connectivity index (χ0) is 29.9. The molecule has 0 bridgehead atoms. The van der Waals surface area contributed by atoms with Gasteiger partial charge in [0, 0.05) is 47.7 Å². The molecule has 3 aromatic carbocycles. The number of aromatic nitrogens is 5. The van der Waals surface area contributed by atoms with E-state index in [-0.39, 0.29) is 5.56 Å².